The molecule has 2 aromatic rings. The van der Waals surface area contributed by atoms with E-state index in [9.17, 15) is 9.59 Å². The molecule has 112 valence electrons. The molecular weight excluding hydrogens is 280 g/mol. The highest BCUT2D eigenvalue weighted by molar-refractivity contribution is 5.96. The van der Waals surface area contributed by atoms with E-state index in [1.54, 1.807) is 12.1 Å². The molecule has 0 unspecified atom stereocenters. The summed E-state index contributed by atoms with van der Waals surface area (Å²) in [5.41, 5.74) is 7.73. The van der Waals surface area contributed by atoms with E-state index in [1.165, 1.54) is 12.4 Å². The highest BCUT2D eigenvalue weighted by Crippen LogP contribution is 2.23. The van der Waals surface area contributed by atoms with Crippen LogP contribution in [0.5, 0.6) is 0 Å². The Morgan fingerprint density at radius 3 is 2.45 bits per heavy atom. The molecule has 1 heterocycles. The van der Waals surface area contributed by atoms with Crippen molar-refractivity contribution in [3.8, 4) is 11.4 Å². The Balaban J connectivity index is 1.91. The van der Waals surface area contributed by atoms with Crippen LogP contribution in [-0.2, 0) is 0 Å². The lowest BCUT2D eigenvalue weighted by Gasteiger charge is -2.08. The molecule has 3 rings (SSSR count). The summed E-state index contributed by atoms with van der Waals surface area (Å²) in [6, 6.07) is 5.73. The Morgan fingerprint density at radius 2 is 1.86 bits per heavy atom. The van der Waals surface area contributed by atoms with E-state index in [2.05, 4.69) is 15.3 Å². The molecule has 0 radical (unpaired) electrons. The number of aromatic nitrogens is 2. The maximum atomic E-state index is 12.1. The molecule has 0 aliphatic heterocycles. The highest BCUT2D eigenvalue weighted by Gasteiger charge is 2.24. The average Bonchev–Trinajstić information content (AvgIpc) is 3.31. The van der Waals surface area contributed by atoms with Gasteiger partial charge in [0.25, 0.3) is 11.8 Å². The maximum Gasteiger partial charge on any atom is 0.251 e. The zero-order valence-corrected chi connectivity index (χ0v) is 12.2. The molecule has 1 aliphatic carbocycles. The van der Waals surface area contributed by atoms with Gasteiger partial charge in [0, 0.05) is 29.6 Å². The third-order valence-electron chi connectivity index (χ3n) is 3.59. The predicted octanol–water partition coefficient (Wildman–Crippen LogP) is 1.44. The maximum absolute atomic E-state index is 12.1. The molecule has 6 nitrogen and oxygen atoms in total. The summed E-state index contributed by atoms with van der Waals surface area (Å²) in [5.74, 6) is -0.193. The summed E-state index contributed by atoms with van der Waals surface area (Å²) in [6.07, 6.45) is 4.87. The molecule has 0 atom stereocenters. The fraction of sp³-hybridized carbons (Fsp3) is 0.250. The molecular formula is C16H16N4O2. The van der Waals surface area contributed by atoms with Crippen molar-refractivity contribution in [1.82, 2.24) is 15.3 Å². The van der Waals surface area contributed by atoms with Crippen LogP contribution in [0.25, 0.3) is 11.4 Å². The third kappa shape index (κ3) is 2.95. The molecule has 1 aromatic carbocycles. The monoisotopic (exact) mass is 296 g/mol. The number of aryl methyl sites for hydroxylation is 1. The van der Waals surface area contributed by atoms with E-state index in [4.69, 9.17) is 5.73 Å². The summed E-state index contributed by atoms with van der Waals surface area (Å²) in [4.78, 5) is 31.5. The molecule has 3 N–H and O–H groups in total. The first-order valence-corrected chi connectivity index (χ1v) is 7.08. The van der Waals surface area contributed by atoms with Crippen molar-refractivity contribution in [2.45, 2.75) is 25.8 Å². The lowest BCUT2D eigenvalue weighted by Crippen LogP contribution is -2.25. The van der Waals surface area contributed by atoms with Crippen LogP contribution in [0.4, 0.5) is 0 Å². The number of carbonyl (C=O) groups is 2. The number of nitrogens with zero attached hydrogens (tertiary/aromatic N) is 2. The van der Waals surface area contributed by atoms with Gasteiger partial charge in [-0.2, -0.15) is 0 Å². The standard InChI is InChI=1S/C16H16N4O2/c1-9-2-3-10(16(22)20-12-4-5-12)6-13(9)15-18-7-11(8-19-15)14(17)21/h2-3,6-8,12H,4-5H2,1H3,(H2,17,21)(H,20,22). The van der Waals surface area contributed by atoms with Gasteiger partial charge in [-0.1, -0.05) is 6.07 Å². The quantitative estimate of drug-likeness (QED) is 0.892. The van der Waals surface area contributed by atoms with Crippen molar-refractivity contribution in [1.29, 1.82) is 0 Å². The van der Waals surface area contributed by atoms with Gasteiger partial charge in [-0.05, 0) is 37.5 Å². The molecule has 1 aromatic heterocycles. The number of nitrogens with two attached hydrogens (primary N) is 1. The Kier molecular flexibility index (Phi) is 3.58. The van der Waals surface area contributed by atoms with E-state index < -0.39 is 5.91 Å². The second-order valence-electron chi connectivity index (χ2n) is 5.44. The van der Waals surface area contributed by atoms with Gasteiger partial charge in [0.15, 0.2) is 5.82 Å². The molecule has 0 saturated heterocycles. The summed E-state index contributed by atoms with van der Waals surface area (Å²) < 4.78 is 0. The van der Waals surface area contributed by atoms with Crippen LogP contribution < -0.4 is 11.1 Å². The van der Waals surface area contributed by atoms with Crippen LogP contribution in [0.1, 0.15) is 39.1 Å². The number of benzene rings is 1. The lowest BCUT2D eigenvalue weighted by atomic mass is 10.0. The van der Waals surface area contributed by atoms with Gasteiger partial charge in [-0.3, -0.25) is 9.59 Å². The number of carbonyl (C=O) groups excluding carboxylic acids is 2. The third-order valence-corrected chi connectivity index (χ3v) is 3.59. The summed E-state index contributed by atoms with van der Waals surface area (Å²) in [6.45, 7) is 1.92. The van der Waals surface area contributed by atoms with Crippen LogP contribution in [-0.4, -0.2) is 27.8 Å². The summed E-state index contributed by atoms with van der Waals surface area (Å²) >= 11 is 0. The second kappa shape index (κ2) is 5.55. The largest absolute Gasteiger partial charge is 0.366 e. The van der Waals surface area contributed by atoms with Crippen LogP contribution in [0.3, 0.4) is 0 Å². The molecule has 1 fully saturated rings. The SMILES string of the molecule is Cc1ccc(C(=O)NC2CC2)cc1-c1ncc(C(N)=O)cn1. The van der Waals surface area contributed by atoms with Gasteiger partial charge in [0.1, 0.15) is 0 Å². The molecule has 0 bridgehead atoms. The average molecular weight is 296 g/mol. The molecule has 0 spiro atoms. The first-order chi connectivity index (χ1) is 10.5. The van der Waals surface area contributed by atoms with E-state index in [0.29, 0.717) is 17.4 Å². The topological polar surface area (TPSA) is 98.0 Å². The first-order valence-electron chi connectivity index (χ1n) is 7.08. The van der Waals surface area contributed by atoms with E-state index in [0.717, 1.165) is 24.0 Å². The number of primary amides is 1. The molecule has 1 saturated carbocycles. The van der Waals surface area contributed by atoms with Gasteiger partial charge in [-0.15, -0.1) is 0 Å². The van der Waals surface area contributed by atoms with Crippen LogP contribution in [0, 0.1) is 6.92 Å². The van der Waals surface area contributed by atoms with E-state index >= 15 is 0 Å². The molecule has 2 amide bonds. The first kappa shape index (κ1) is 14.2. The molecule has 1 aliphatic rings. The number of rotatable bonds is 4. The van der Waals surface area contributed by atoms with Crippen LogP contribution >= 0.6 is 0 Å². The highest BCUT2D eigenvalue weighted by atomic mass is 16.2. The van der Waals surface area contributed by atoms with Crippen LogP contribution in [0.15, 0.2) is 30.6 Å². The minimum atomic E-state index is -0.569. The van der Waals surface area contributed by atoms with Crippen LogP contribution in [0.2, 0.25) is 0 Å². The smallest absolute Gasteiger partial charge is 0.251 e. The number of nitrogens with one attached hydrogen (secondary N) is 1. The van der Waals surface area contributed by atoms with Crippen molar-refractivity contribution < 1.29 is 9.59 Å². The minimum Gasteiger partial charge on any atom is -0.366 e. The van der Waals surface area contributed by atoms with Gasteiger partial charge < -0.3 is 11.1 Å². The Morgan fingerprint density at radius 1 is 1.18 bits per heavy atom. The zero-order chi connectivity index (χ0) is 15.7. The summed E-state index contributed by atoms with van der Waals surface area (Å²) in [7, 11) is 0. The lowest BCUT2D eigenvalue weighted by molar-refractivity contribution is 0.0949. The second-order valence-corrected chi connectivity index (χ2v) is 5.44. The molecule has 6 heteroatoms. The Hall–Kier alpha value is -2.76. The Labute approximate surface area is 127 Å². The fourth-order valence-corrected chi connectivity index (χ4v) is 2.09. The normalized spacial score (nSPS) is 13.7. The van der Waals surface area contributed by atoms with E-state index in [-0.39, 0.29) is 11.5 Å². The molecule has 22 heavy (non-hydrogen) atoms. The van der Waals surface area contributed by atoms with Crippen molar-refractivity contribution in [2.75, 3.05) is 0 Å². The fourth-order valence-electron chi connectivity index (χ4n) is 2.09. The number of amides is 2. The Bertz CT molecular complexity index is 736. The van der Waals surface area contributed by atoms with Gasteiger partial charge in [0.2, 0.25) is 0 Å². The zero-order valence-electron chi connectivity index (χ0n) is 12.2. The van der Waals surface area contributed by atoms with Crippen molar-refractivity contribution in [3.05, 3.63) is 47.3 Å². The van der Waals surface area contributed by atoms with E-state index in [1.807, 2.05) is 13.0 Å². The number of hydrogen-bond acceptors (Lipinski definition) is 4. The summed E-state index contributed by atoms with van der Waals surface area (Å²) in [5, 5.41) is 2.95. The van der Waals surface area contributed by atoms with Gasteiger partial charge in [0.05, 0.1) is 5.56 Å². The van der Waals surface area contributed by atoms with Crippen molar-refractivity contribution in [3.63, 3.8) is 0 Å². The number of hydrogen-bond donors (Lipinski definition) is 2. The predicted molar refractivity (Wildman–Crippen MR) is 81.2 cm³/mol. The minimum absolute atomic E-state index is 0.0856. The van der Waals surface area contributed by atoms with Gasteiger partial charge in [-0.25, -0.2) is 9.97 Å². The van der Waals surface area contributed by atoms with Gasteiger partial charge >= 0.3 is 0 Å². The van der Waals surface area contributed by atoms with Crippen molar-refractivity contribution in [2.24, 2.45) is 5.73 Å². The van der Waals surface area contributed by atoms with Crippen molar-refractivity contribution >= 4 is 11.8 Å².